The normalized spacial score (nSPS) is 20.7. The van der Waals surface area contributed by atoms with Crippen LogP contribution in [0.3, 0.4) is 0 Å². The number of halogens is 2. The lowest BCUT2D eigenvalue weighted by atomic mass is 10.1. The van der Waals surface area contributed by atoms with Crippen molar-refractivity contribution in [2.24, 2.45) is 5.92 Å². The lowest BCUT2D eigenvalue weighted by Crippen LogP contribution is -2.30. The Balaban J connectivity index is 2.49. The van der Waals surface area contributed by atoms with E-state index in [1.54, 1.807) is 25.1 Å². The summed E-state index contributed by atoms with van der Waals surface area (Å²) in [5.74, 6) is -0.605. The molecule has 16 heavy (non-hydrogen) atoms. The van der Waals surface area contributed by atoms with E-state index in [4.69, 9.17) is 11.6 Å². The Hall–Kier alpha value is -0.870. The first-order valence-electron chi connectivity index (χ1n) is 4.83. The van der Waals surface area contributed by atoms with Gasteiger partial charge in [0.2, 0.25) is 11.8 Å². The molecule has 1 aliphatic rings. The fourth-order valence-electron chi connectivity index (χ4n) is 1.70. The van der Waals surface area contributed by atoms with Gasteiger partial charge in [-0.25, -0.2) is 4.90 Å². The van der Waals surface area contributed by atoms with Gasteiger partial charge in [0.1, 0.15) is 0 Å². The van der Waals surface area contributed by atoms with Crippen LogP contribution < -0.4 is 4.90 Å². The number of hydrogen-bond acceptors (Lipinski definition) is 2. The van der Waals surface area contributed by atoms with Crippen LogP contribution in [0, 0.1) is 5.92 Å². The molecule has 1 aliphatic heterocycles. The maximum absolute atomic E-state index is 11.8. The van der Waals surface area contributed by atoms with Crippen LogP contribution >= 0.6 is 27.5 Å². The first kappa shape index (κ1) is 11.6. The number of amides is 2. The van der Waals surface area contributed by atoms with Crippen molar-refractivity contribution in [3.63, 3.8) is 0 Å². The summed E-state index contributed by atoms with van der Waals surface area (Å²) in [5.41, 5.74) is 0.520. The van der Waals surface area contributed by atoms with Crippen LogP contribution in [0.2, 0.25) is 5.02 Å². The molecular weight excluding hydrogens is 293 g/mol. The molecule has 0 N–H and O–H groups in total. The molecule has 3 nitrogen and oxygen atoms in total. The number of hydrogen-bond donors (Lipinski definition) is 0. The van der Waals surface area contributed by atoms with Crippen LogP contribution in [0.4, 0.5) is 5.69 Å². The zero-order valence-corrected chi connectivity index (χ0v) is 10.9. The molecule has 1 atom stereocenters. The van der Waals surface area contributed by atoms with E-state index in [0.717, 1.165) is 0 Å². The van der Waals surface area contributed by atoms with E-state index in [0.29, 0.717) is 15.2 Å². The largest absolute Gasteiger partial charge is 0.274 e. The molecule has 1 heterocycles. The van der Waals surface area contributed by atoms with Gasteiger partial charge < -0.3 is 0 Å². The molecule has 2 amide bonds. The van der Waals surface area contributed by atoms with Crippen molar-refractivity contribution >= 4 is 45.0 Å². The second-order valence-corrected chi connectivity index (χ2v) is 4.95. The van der Waals surface area contributed by atoms with Gasteiger partial charge in [-0.3, -0.25) is 9.59 Å². The van der Waals surface area contributed by atoms with Gasteiger partial charge in [-0.1, -0.05) is 24.6 Å². The Morgan fingerprint density at radius 1 is 1.44 bits per heavy atom. The molecule has 0 bridgehead atoms. The van der Waals surface area contributed by atoms with Crippen LogP contribution in [0.5, 0.6) is 0 Å². The average Bonchev–Trinajstić information content (AvgIpc) is 2.47. The number of nitrogens with zero attached hydrogens (tertiary/aromatic N) is 1. The lowest BCUT2D eigenvalue weighted by molar-refractivity contribution is -0.122. The van der Waals surface area contributed by atoms with E-state index < -0.39 is 0 Å². The van der Waals surface area contributed by atoms with E-state index in [9.17, 15) is 9.59 Å². The van der Waals surface area contributed by atoms with E-state index in [2.05, 4.69) is 15.9 Å². The first-order chi connectivity index (χ1) is 7.52. The monoisotopic (exact) mass is 301 g/mol. The van der Waals surface area contributed by atoms with Gasteiger partial charge >= 0.3 is 0 Å². The molecule has 1 saturated heterocycles. The predicted molar refractivity (Wildman–Crippen MR) is 65.4 cm³/mol. The molecule has 1 fully saturated rings. The highest BCUT2D eigenvalue weighted by Crippen LogP contribution is 2.36. The van der Waals surface area contributed by atoms with Crippen molar-refractivity contribution in [1.29, 1.82) is 0 Å². The van der Waals surface area contributed by atoms with Crippen molar-refractivity contribution in [3.8, 4) is 0 Å². The predicted octanol–water partition coefficient (Wildman–Crippen LogP) is 3.00. The van der Waals surface area contributed by atoms with Crippen LogP contribution in [0.25, 0.3) is 0 Å². The maximum Gasteiger partial charge on any atom is 0.237 e. The molecule has 1 unspecified atom stereocenters. The number of carbonyl (C=O) groups is 2. The van der Waals surface area contributed by atoms with Crippen molar-refractivity contribution < 1.29 is 9.59 Å². The zero-order chi connectivity index (χ0) is 11.9. The highest BCUT2D eigenvalue weighted by molar-refractivity contribution is 9.10. The molecule has 1 aromatic rings. The van der Waals surface area contributed by atoms with E-state index >= 15 is 0 Å². The van der Waals surface area contributed by atoms with Crippen molar-refractivity contribution in [2.45, 2.75) is 13.3 Å². The summed E-state index contributed by atoms with van der Waals surface area (Å²) in [5, 5.41) is 0.484. The molecule has 1 aromatic carbocycles. The van der Waals surface area contributed by atoms with Gasteiger partial charge in [-0.15, -0.1) is 0 Å². The molecule has 0 saturated carbocycles. The van der Waals surface area contributed by atoms with Gasteiger partial charge in [0.05, 0.1) is 15.2 Å². The molecule has 5 heteroatoms. The molecular formula is C11H9BrClNO2. The Morgan fingerprint density at radius 2 is 2.12 bits per heavy atom. The topological polar surface area (TPSA) is 37.4 Å². The van der Waals surface area contributed by atoms with E-state index in [1.165, 1.54) is 4.90 Å². The fraction of sp³-hybridized carbons (Fsp3) is 0.273. The maximum atomic E-state index is 11.8. The van der Waals surface area contributed by atoms with Gasteiger partial charge in [0.15, 0.2) is 0 Å². The second-order valence-electron chi connectivity index (χ2n) is 3.75. The third kappa shape index (κ3) is 1.76. The van der Waals surface area contributed by atoms with Gasteiger partial charge in [0, 0.05) is 12.3 Å². The Bertz CT molecular complexity index is 475. The Morgan fingerprint density at radius 3 is 2.69 bits per heavy atom. The van der Waals surface area contributed by atoms with Gasteiger partial charge in [0.25, 0.3) is 0 Å². The Kier molecular flexibility index (Phi) is 3.04. The van der Waals surface area contributed by atoms with Crippen LogP contribution in [-0.4, -0.2) is 11.8 Å². The van der Waals surface area contributed by atoms with Crippen LogP contribution in [-0.2, 0) is 9.59 Å². The highest BCUT2D eigenvalue weighted by Gasteiger charge is 2.37. The SMILES string of the molecule is CC1CC(=O)N(c2cccc(Cl)c2Br)C1=O. The average molecular weight is 303 g/mol. The summed E-state index contributed by atoms with van der Waals surface area (Å²) in [6.45, 7) is 1.75. The third-order valence-electron chi connectivity index (χ3n) is 2.54. The molecule has 0 aromatic heterocycles. The number of rotatable bonds is 1. The van der Waals surface area contributed by atoms with Crippen LogP contribution in [0.15, 0.2) is 22.7 Å². The number of benzene rings is 1. The highest BCUT2D eigenvalue weighted by atomic mass is 79.9. The third-order valence-corrected chi connectivity index (χ3v) is 3.92. The summed E-state index contributed by atoms with van der Waals surface area (Å²) < 4.78 is 0.576. The minimum atomic E-state index is -0.251. The summed E-state index contributed by atoms with van der Waals surface area (Å²) in [6.07, 6.45) is 0.262. The first-order valence-corrected chi connectivity index (χ1v) is 6.00. The Labute approximate surface area is 107 Å². The second kappa shape index (κ2) is 4.18. The fourth-order valence-corrected chi connectivity index (χ4v) is 2.31. The number of anilines is 1. The minimum absolute atomic E-state index is 0.173. The van der Waals surface area contributed by atoms with Crippen LogP contribution in [0.1, 0.15) is 13.3 Å². The zero-order valence-electron chi connectivity index (χ0n) is 8.54. The van der Waals surface area contributed by atoms with Crippen molar-refractivity contribution in [1.82, 2.24) is 0 Å². The van der Waals surface area contributed by atoms with E-state index in [-0.39, 0.29) is 24.2 Å². The molecule has 0 spiro atoms. The molecule has 0 aliphatic carbocycles. The smallest absolute Gasteiger partial charge is 0.237 e. The molecule has 2 rings (SSSR count). The quantitative estimate of drug-likeness (QED) is 0.748. The molecule has 84 valence electrons. The van der Waals surface area contributed by atoms with Crippen molar-refractivity contribution in [2.75, 3.05) is 4.90 Å². The summed E-state index contributed by atoms with van der Waals surface area (Å²) in [7, 11) is 0. The minimum Gasteiger partial charge on any atom is -0.274 e. The van der Waals surface area contributed by atoms with Crippen molar-refractivity contribution in [3.05, 3.63) is 27.7 Å². The van der Waals surface area contributed by atoms with Gasteiger partial charge in [-0.05, 0) is 28.1 Å². The molecule has 0 radical (unpaired) electrons. The number of carbonyl (C=O) groups excluding carboxylic acids is 2. The standard InChI is InChI=1S/C11H9BrClNO2/c1-6-5-9(15)14(11(6)16)8-4-2-3-7(13)10(8)12/h2-4,6H,5H2,1H3. The lowest BCUT2D eigenvalue weighted by Gasteiger charge is -2.16. The van der Waals surface area contributed by atoms with Gasteiger partial charge in [-0.2, -0.15) is 0 Å². The summed E-state index contributed by atoms with van der Waals surface area (Å²) in [6, 6.07) is 5.11. The van der Waals surface area contributed by atoms with E-state index in [1.807, 2.05) is 0 Å². The summed E-state index contributed by atoms with van der Waals surface area (Å²) >= 11 is 9.21. The number of imide groups is 1. The summed E-state index contributed by atoms with van der Waals surface area (Å²) in [4.78, 5) is 24.7.